The van der Waals surface area contributed by atoms with Crippen LogP contribution in [0.4, 0.5) is 5.00 Å². The molecule has 4 nitrogen and oxygen atoms in total. The second kappa shape index (κ2) is 6.40. The maximum absolute atomic E-state index is 5.85. The van der Waals surface area contributed by atoms with E-state index in [9.17, 15) is 0 Å². The molecule has 0 spiro atoms. The largest absolute Gasteiger partial charge is 0.491 e. The van der Waals surface area contributed by atoms with Crippen LogP contribution < -0.4 is 10.1 Å². The molecular weight excluding hydrogens is 294 g/mol. The lowest BCUT2D eigenvalue weighted by Crippen LogP contribution is -2.37. The monoisotopic (exact) mass is 315 g/mol. The molecule has 0 saturated heterocycles. The maximum Gasteiger partial charge on any atom is 0.135 e. The van der Waals surface area contributed by atoms with Crippen LogP contribution in [-0.2, 0) is 0 Å². The number of anilines is 1. The lowest BCUT2D eigenvalue weighted by atomic mass is 10.1. The third kappa shape index (κ3) is 3.09. The predicted octanol–water partition coefficient (Wildman–Crippen LogP) is 3.51. The van der Waals surface area contributed by atoms with Gasteiger partial charge < -0.3 is 15.0 Å². The normalized spacial score (nSPS) is 15.6. The van der Waals surface area contributed by atoms with Crippen LogP contribution in [0.5, 0.6) is 5.75 Å². The maximum atomic E-state index is 5.85. The van der Waals surface area contributed by atoms with Gasteiger partial charge in [0.15, 0.2) is 0 Å². The van der Waals surface area contributed by atoms with Crippen molar-refractivity contribution in [2.75, 3.05) is 32.2 Å². The zero-order valence-electron chi connectivity index (χ0n) is 13.2. The number of amidine groups is 1. The summed E-state index contributed by atoms with van der Waals surface area (Å²) in [5.41, 5.74) is 3.61. The summed E-state index contributed by atoms with van der Waals surface area (Å²) < 4.78 is 5.85. The van der Waals surface area contributed by atoms with E-state index in [1.165, 1.54) is 21.7 Å². The molecule has 1 aliphatic rings. The van der Waals surface area contributed by atoms with Crippen LogP contribution in [-0.4, -0.2) is 37.6 Å². The Morgan fingerprint density at radius 3 is 3.00 bits per heavy atom. The van der Waals surface area contributed by atoms with E-state index in [4.69, 9.17) is 9.73 Å². The minimum Gasteiger partial charge on any atom is -0.491 e. The molecule has 116 valence electrons. The number of aryl methyl sites for hydroxylation is 2. The average molecular weight is 315 g/mol. The van der Waals surface area contributed by atoms with E-state index in [2.05, 4.69) is 54.7 Å². The summed E-state index contributed by atoms with van der Waals surface area (Å²) in [6, 6.07) is 8.36. The molecule has 22 heavy (non-hydrogen) atoms. The Balaban J connectivity index is 1.63. The molecule has 0 bridgehead atoms. The van der Waals surface area contributed by atoms with Gasteiger partial charge in [-0.1, -0.05) is 17.7 Å². The second-order valence-corrected chi connectivity index (χ2v) is 6.44. The van der Waals surface area contributed by atoms with Crippen LogP contribution in [0.2, 0.25) is 0 Å². The molecule has 1 N–H and O–H groups in total. The van der Waals surface area contributed by atoms with Crippen molar-refractivity contribution in [2.24, 2.45) is 4.99 Å². The fraction of sp³-hybridized carbons (Fsp3) is 0.353. The van der Waals surface area contributed by atoms with Crippen molar-refractivity contribution in [3.63, 3.8) is 0 Å². The third-order valence-electron chi connectivity index (χ3n) is 3.69. The van der Waals surface area contributed by atoms with Crippen molar-refractivity contribution in [3.05, 3.63) is 46.3 Å². The SMILES string of the molecule is Cc1ccc(OCCN=C2c3ccsc3NCN2C)c(C)c1. The fourth-order valence-corrected chi connectivity index (χ4v) is 3.34. The highest BCUT2D eigenvalue weighted by molar-refractivity contribution is 7.14. The van der Waals surface area contributed by atoms with Crippen molar-refractivity contribution in [1.82, 2.24) is 4.90 Å². The van der Waals surface area contributed by atoms with Gasteiger partial charge in [0.2, 0.25) is 0 Å². The first-order chi connectivity index (χ1) is 10.6. The second-order valence-electron chi connectivity index (χ2n) is 5.52. The summed E-state index contributed by atoms with van der Waals surface area (Å²) >= 11 is 1.72. The van der Waals surface area contributed by atoms with Gasteiger partial charge in [0.05, 0.1) is 18.8 Å². The van der Waals surface area contributed by atoms with E-state index in [-0.39, 0.29) is 0 Å². The smallest absolute Gasteiger partial charge is 0.135 e. The Labute approximate surface area is 135 Å². The molecule has 0 fully saturated rings. The molecule has 0 unspecified atom stereocenters. The predicted molar refractivity (Wildman–Crippen MR) is 93.4 cm³/mol. The molecule has 0 aliphatic carbocycles. The van der Waals surface area contributed by atoms with Gasteiger partial charge in [0.1, 0.15) is 23.2 Å². The Hall–Kier alpha value is -2.01. The lowest BCUT2D eigenvalue weighted by Gasteiger charge is -2.27. The number of hydrogen-bond donors (Lipinski definition) is 1. The number of nitrogens with zero attached hydrogens (tertiary/aromatic N) is 2. The van der Waals surface area contributed by atoms with Gasteiger partial charge in [-0.15, -0.1) is 11.3 Å². The van der Waals surface area contributed by atoms with E-state index in [1.54, 1.807) is 11.3 Å². The highest BCUT2D eigenvalue weighted by Gasteiger charge is 2.19. The molecule has 1 aliphatic heterocycles. The molecule has 0 radical (unpaired) electrons. The lowest BCUT2D eigenvalue weighted by molar-refractivity contribution is 0.325. The molecule has 2 heterocycles. The van der Waals surface area contributed by atoms with Crippen LogP contribution in [0.25, 0.3) is 0 Å². The zero-order chi connectivity index (χ0) is 15.5. The molecule has 1 aromatic heterocycles. The van der Waals surface area contributed by atoms with Crippen molar-refractivity contribution >= 4 is 22.2 Å². The van der Waals surface area contributed by atoms with Gasteiger partial charge in [-0.2, -0.15) is 0 Å². The zero-order valence-corrected chi connectivity index (χ0v) is 14.0. The first-order valence-electron chi connectivity index (χ1n) is 7.42. The van der Waals surface area contributed by atoms with Crippen LogP contribution >= 0.6 is 11.3 Å². The minimum absolute atomic E-state index is 0.591. The summed E-state index contributed by atoms with van der Waals surface area (Å²) in [5.74, 6) is 1.99. The Kier molecular flexibility index (Phi) is 4.34. The number of hydrogen-bond acceptors (Lipinski definition) is 4. The van der Waals surface area contributed by atoms with E-state index in [0.717, 1.165) is 18.3 Å². The quantitative estimate of drug-likeness (QED) is 0.877. The van der Waals surface area contributed by atoms with Crippen LogP contribution in [0.1, 0.15) is 16.7 Å². The van der Waals surface area contributed by atoms with Crippen molar-refractivity contribution in [2.45, 2.75) is 13.8 Å². The molecule has 0 atom stereocenters. The van der Waals surface area contributed by atoms with Gasteiger partial charge in [-0.05, 0) is 36.9 Å². The van der Waals surface area contributed by atoms with Crippen molar-refractivity contribution in [1.29, 1.82) is 0 Å². The Morgan fingerprint density at radius 1 is 1.32 bits per heavy atom. The molecule has 5 heteroatoms. The average Bonchev–Trinajstić information content (AvgIpc) is 2.96. The van der Waals surface area contributed by atoms with Crippen molar-refractivity contribution < 1.29 is 4.74 Å². The topological polar surface area (TPSA) is 36.9 Å². The van der Waals surface area contributed by atoms with Gasteiger partial charge in [-0.3, -0.25) is 4.99 Å². The summed E-state index contributed by atoms with van der Waals surface area (Å²) in [6.07, 6.45) is 0. The van der Waals surface area contributed by atoms with Gasteiger partial charge >= 0.3 is 0 Å². The van der Waals surface area contributed by atoms with Crippen LogP contribution in [0, 0.1) is 13.8 Å². The number of thiophene rings is 1. The van der Waals surface area contributed by atoms with Gasteiger partial charge in [0, 0.05) is 7.05 Å². The fourth-order valence-electron chi connectivity index (χ4n) is 2.57. The van der Waals surface area contributed by atoms with Crippen molar-refractivity contribution in [3.8, 4) is 5.75 Å². The molecule has 3 rings (SSSR count). The van der Waals surface area contributed by atoms with E-state index in [0.29, 0.717) is 13.2 Å². The van der Waals surface area contributed by atoms with Gasteiger partial charge in [-0.25, -0.2) is 0 Å². The molecule has 2 aromatic rings. The van der Waals surface area contributed by atoms with E-state index in [1.807, 2.05) is 6.07 Å². The highest BCUT2D eigenvalue weighted by atomic mass is 32.1. The molecular formula is C17H21N3OS. The standard InChI is InChI=1S/C17H21N3OS/c1-12-4-5-15(13(2)10-12)21-8-7-18-16-14-6-9-22-17(14)19-11-20(16)3/h4-6,9-10,19H,7-8,11H2,1-3H3. The first kappa shape index (κ1) is 14.9. The van der Waals surface area contributed by atoms with E-state index >= 15 is 0 Å². The number of fused-ring (bicyclic) bond motifs is 1. The number of ether oxygens (including phenoxy) is 1. The molecule has 0 saturated carbocycles. The number of nitrogens with one attached hydrogen (secondary N) is 1. The summed E-state index contributed by atoms with van der Waals surface area (Å²) in [4.78, 5) is 6.86. The first-order valence-corrected chi connectivity index (χ1v) is 8.30. The van der Waals surface area contributed by atoms with Gasteiger partial charge in [0.25, 0.3) is 0 Å². The van der Waals surface area contributed by atoms with Crippen LogP contribution in [0.3, 0.4) is 0 Å². The Bertz CT molecular complexity index is 693. The minimum atomic E-state index is 0.591. The summed E-state index contributed by atoms with van der Waals surface area (Å²) in [6.45, 7) is 6.21. The highest BCUT2D eigenvalue weighted by Crippen LogP contribution is 2.27. The summed E-state index contributed by atoms with van der Waals surface area (Å²) in [7, 11) is 2.05. The third-order valence-corrected chi connectivity index (χ3v) is 4.56. The Morgan fingerprint density at radius 2 is 2.18 bits per heavy atom. The van der Waals surface area contributed by atoms with E-state index < -0.39 is 0 Å². The number of rotatable bonds is 4. The molecule has 1 aromatic carbocycles. The number of benzene rings is 1. The summed E-state index contributed by atoms with van der Waals surface area (Å²) in [5, 5.41) is 6.68. The molecule has 0 amide bonds. The number of aliphatic imine (C=N–C) groups is 1. The van der Waals surface area contributed by atoms with Crippen LogP contribution in [0.15, 0.2) is 34.6 Å².